The van der Waals surface area contributed by atoms with E-state index in [4.69, 9.17) is 0 Å². The first-order valence-electron chi connectivity index (χ1n) is 10.7. The molecule has 1 amide bonds. The minimum atomic E-state index is -0.307. The van der Waals surface area contributed by atoms with Crippen LogP contribution in [0.3, 0.4) is 0 Å². The maximum atomic E-state index is 13.4. The first-order valence-corrected chi connectivity index (χ1v) is 10.7. The van der Waals surface area contributed by atoms with Crippen LogP contribution in [-0.2, 0) is 13.0 Å². The van der Waals surface area contributed by atoms with Crippen molar-refractivity contribution < 1.29 is 9.18 Å². The Morgan fingerprint density at radius 1 is 1.10 bits per heavy atom. The first kappa shape index (κ1) is 21.1. The topological polar surface area (TPSA) is 71.0 Å². The highest BCUT2D eigenvalue weighted by Gasteiger charge is 2.21. The van der Waals surface area contributed by atoms with Crippen molar-refractivity contribution in [2.75, 3.05) is 13.1 Å². The molecule has 3 aromatic rings. The number of pyridine rings is 1. The fraction of sp³-hybridized carbons (Fsp3) is 0.333. The van der Waals surface area contributed by atoms with Crippen molar-refractivity contribution in [3.05, 3.63) is 77.8 Å². The molecule has 0 saturated carbocycles. The molecule has 0 unspecified atom stereocenters. The van der Waals surface area contributed by atoms with Crippen LogP contribution in [-0.4, -0.2) is 44.9 Å². The zero-order chi connectivity index (χ0) is 21.6. The maximum absolute atomic E-state index is 13.4. The van der Waals surface area contributed by atoms with E-state index in [2.05, 4.69) is 25.2 Å². The number of halogens is 1. The maximum Gasteiger partial charge on any atom is 0.253 e. The normalized spacial score (nSPS) is 15.0. The molecule has 6 nitrogen and oxygen atoms in total. The third-order valence-corrected chi connectivity index (χ3v) is 5.55. The summed E-state index contributed by atoms with van der Waals surface area (Å²) in [5.74, 6) is 0.432. The SMILES string of the molecule is CCc1ncc(CN2CCC(NC(=O)c3ccc(-c4cccc(F)c4)nc3)CC2)cn1. The van der Waals surface area contributed by atoms with Crippen LogP contribution in [0.1, 0.15) is 41.5 Å². The van der Waals surface area contributed by atoms with Crippen molar-refractivity contribution in [2.24, 2.45) is 0 Å². The van der Waals surface area contributed by atoms with E-state index in [9.17, 15) is 9.18 Å². The Balaban J connectivity index is 1.27. The van der Waals surface area contributed by atoms with Gasteiger partial charge in [0.25, 0.3) is 5.91 Å². The molecule has 160 valence electrons. The molecule has 1 aliphatic heterocycles. The molecular formula is C24H26FN5O. The van der Waals surface area contributed by atoms with Gasteiger partial charge in [0.05, 0.1) is 11.3 Å². The summed E-state index contributed by atoms with van der Waals surface area (Å²) in [6.07, 6.45) is 7.99. The summed E-state index contributed by atoms with van der Waals surface area (Å²) in [5, 5.41) is 3.11. The quantitative estimate of drug-likeness (QED) is 0.661. The number of amides is 1. The Bertz CT molecular complexity index is 1010. The van der Waals surface area contributed by atoms with Crippen molar-refractivity contribution in [1.29, 1.82) is 0 Å². The van der Waals surface area contributed by atoms with E-state index in [1.54, 1.807) is 30.5 Å². The Labute approximate surface area is 181 Å². The van der Waals surface area contributed by atoms with Crippen LogP contribution < -0.4 is 5.32 Å². The molecule has 0 radical (unpaired) electrons. The molecule has 0 aliphatic carbocycles. The summed E-state index contributed by atoms with van der Waals surface area (Å²) in [4.78, 5) is 28.0. The van der Waals surface area contributed by atoms with E-state index in [0.717, 1.165) is 50.3 Å². The Morgan fingerprint density at radius 2 is 1.87 bits per heavy atom. The number of aromatic nitrogens is 3. The molecule has 4 rings (SSSR count). The number of piperidine rings is 1. The van der Waals surface area contributed by atoms with Gasteiger partial charge in [0.15, 0.2) is 0 Å². The van der Waals surface area contributed by atoms with Gasteiger partial charge in [-0.05, 0) is 37.1 Å². The largest absolute Gasteiger partial charge is 0.349 e. The lowest BCUT2D eigenvalue weighted by Crippen LogP contribution is -2.44. The van der Waals surface area contributed by atoms with E-state index >= 15 is 0 Å². The highest BCUT2D eigenvalue weighted by molar-refractivity contribution is 5.94. The van der Waals surface area contributed by atoms with Gasteiger partial charge in [-0.25, -0.2) is 14.4 Å². The molecule has 1 N–H and O–H groups in total. The third kappa shape index (κ3) is 5.49. The number of hydrogen-bond acceptors (Lipinski definition) is 5. The van der Waals surface area contributed by atoms with Crippen LogP contribution in [0.25, 0.3) is 11.3 Å². The summed E-state index contributed by atoms with van der Waals surface area (Å²) < 4.78 is 13.4. The van der Waals surface area contributed by atoms with Crippen LogP contribution in [0.2, 0.25) is 0 Å². The van der Waals surface area contributed by atoms with E-state index in [1.807, 2.05) is 19.3 Å². The van der Waals surface area contributed by atoms with Crippen LogP contribution >= 0.6 is 0 Å². The van der Waals surface area contributed by atoms with Crippen molar-refractivity contribution in [3.63, 3.8) is 0 Å². The second-order valence-corrected chi connectivity index (χ2v) is 7.83. The molecule has 0 spiro atoms. The van der Waals surface area contributed by atoms with E-state index in [0.29, 0.717) is 16.8 Å². The van der Waals surface area contributed by atoms with Gasteiger partial charge in [0, 0.05) is 61.8 Å². The van der Waals surface area contributed by atoms with E-state index in [1.165, 1.54) is 12.1 Å². The molecule has 1 fully saturated rings. The van der Waals surface area contributed by atoms with E-state index < -0.39 is 0 Å². The van der Waals surface area contributed by atoms with Gasteiger partial charge in [0.2, 0.25) is 0 Å². The van der Waals surface area contributed by atoms with Crippen molar-refractivity contribution >= 4 is 5.91 Å². The van der Waals surface area contributed by atoms with Crippen molar-refractivity contribution in [1.82, 2.24) is 25.2 Å². The lowest BCUT2D eigenvalue weighted by Gasteiger charge is -2.32. The number of benzene rings is 1. The Morgan fingerprint density at radius 3 is 2.52 bits per heavy atom. The van der Waals surface area contributed by atoms with Gasteiger partial charge in [0.1, 0.15) is 11.6 Å². The molecule has 2 aromatic heterocycles. The van der Waals surface area contributed by atoms with Gasteiger partial charge in [-0.2, -0.15) is 0 Å². The number of aryl methyl sites for hydroxylation is 1. The molecule has 7 heteroatoms. The second-order valence-electron chi connectivity index (χ2n) is 7.83. The van der Waals surface area contributed by atoms with E-state index in [-0.39, 0.29) is 17.8 Å². The molecule has 1 aliphatic rings. The predicted octanol–water partition coefficient (Wildman–Crippen LogP) is 3.63. The molecule has 0 atom stereocenters. The summed E-state index contributed by atoms with van der Waals surface area (Å²) in [7, 11) is 0. The minimum Gasteiger partial charge on any atom is -0.349 e. The van der Waals surface area contributed by atoms with Gasteiger partial charge in [-0.15, -0.1) is 0 Å². The molecule has 1 aromatic carbocycles. The number of carbonyl (C=O) groups excluding carboxylic acids is 1. The van der Waals surface area contributed by atoms with Crippen molar-refractivity contribution in [2.45, 2.75) is 38.8 Å². The summed E-state index contributed by atoms with van der Waals surface area (Å²) >= 11 is 0. The van der Waals surface area contributed by atoms with Gasteiger partial charge in [-0.1, -0.05) is 19.1 Å². The lowest BCUT2D eigenvalue weighted by molar-refractivity contribution is 0.0908. The van der Waals surface area contributed by atoms with Crippen LogP contribution in [0.5, 0.6) is 0 Å². The average Bonchev–Trinajstić information content (AvgIpc) is 2.81. The number of hydrogen-bond donors (Lipinski definition) is 1. The Hall–Kier alpha value is -3.19. The lowest BCUT2D eigenvalue weighted by atomic mass is 10.0. The zero-order valence-electron chi connectivity index (χ0n) is 17.6. The van der Waals surface area contributed by atoms with Crippen LogP contribution in [0.15, 0.2) is 55.0 Å². The summed E-state index contributed by atoms with van der Waals surface area (Å²) in [6.45, 7) is 4.70. The Kier molecular flexibility index (Phi) is 6.62. The predicted molar refractivity (Wildman–Crippen MR) is 117 cm³/mol. The zero-order valence-corrected chi connectivity index (χ0v) is 17.6. The molecule has 31 heavy (non-hydrogen) atoms. The summed E-state index contributed by atoms with van der Waals surface area (Å²) in [5.41, 5.74) is 2.95. The van der Waals surface area contributed by atoms with Crippen molar-refractivity contribution in [3.8, 4) is 11.3 Å². The smallest absolute Gasteiger partial charge is 0.253 e. The third-order valence-electron chi connectivity index (χ3n) is 5.55. The molecule has 1 saturated heterocycles. The second kappa shape index (κ2) is 9.75. The summed E-state index contributed by atoms with van der Waals surface area (Å²) in [6, 6.07) is 9.89. The number of nitrogens with zero attached hydrogens (tertiary/aromatic N) is 4. The standard InChI is InChI=1S/C24H26FN5O/c1-2-23-27-13-17(14-28-23)16-30-10-8-21(9-11-30)29-24(31)19-6-7-22(26-15-19)18-4-3-5-20(25)12-18/h3-7,12-15,21H,2,8-11,16H2,1H3,(H,29,31). The van der Waals surface area contributed by atoms with Crippen LogP contribution in [0, 0.1) is 5.82 Å². The fourth-order valence-corrected chi connectivity index (χ4v) is 3.75. The molecule has 3 heterocycles. The average molecular weight is 420 g/mol. The molecule has 0 bridgehead atoms. The monoisotopic (exact) mass is 419 g/mol. The van der Waals surface area contributed by atoms with Gasteiger partial charge >= 0.3 is 0 Å². The van der Waals surface area contributed by atoms with Gasteiger partial charge < -0.3 is 5.32 Å². The van der Waals surface area contributed by atoms with Gasteiger partial charge in [-0.3, -0.25) is 14.7 Å². The molecular weight excluding hydrogens is 393 g/mol. The number of carbonyl (C=O) groups is 1. The first-order chi connectivity index (χ1) is 15.1. The number of rotatable bonds is 6. The number of likely N-dealkylation sites (tertiary alicyclic amines) is 1. The van der Waals surface area contributed by atoms with Crippen LogP contribution in [0.4, 0.5) is 4.39 Å². The minimum absolute atomic E-state index is 0.125. The highest BCUT2D eigenvalue weighted by Crippen LogP contribution is 2.18. The number of nitrogens with one attached hydrogen (secondary N) is 1. The highest BCUT2D eigenvalue weighted by atomic mass is 19.1. The fourth-order valence-electron chi connectivity index (χ4n) is 3.75.